The van der Waals surface area contributed by atoms with Crippen molar-refractivity contribution < 1.29 is 8.42 Å². The number of hydrogen-bond acceptors (Lipinski definition) is 4. The molecule has 1 saturated carbocycles. The molecule has 0 spiro atoms. The van der Waals surface area contributed by atoms with E-state index in [1.807, 2.05) is 31.3 Å². The van der Waals surface area contributed by atoms with Crippen molar-refractivity contribution in [1.82, 2.24) is 4.90 Å². The smallest absolute Gasteiger partial charge is 0.151 e. The van der Waals surface area contributed by atoms with Gasteiger partial charge < -0.3 is 5.73 Å². The maximum Gasteiger partial charge on any atom is 0.151 e. The van der Waals surface area contributed by atoms with Crippen molar-refractivity contribution in [3.05, 3.63) is 29.8 Å². The van der Waals surface area contributed by atoms with Crippen LogP contribution in [0.5, 0.6) is 0 Å². The van der Waals surface area contributed by atoms with E-state index in [4.69, 9.17) is 5.73 Å². The Morgan fingerprint density at radius 3 is 2.57 bits per heavy atom. The summed E-state index contributed by atoms with van der Waals surface area (Å²) in [6.07, 6.45) is 5.23. The molecule has 2 atom stereocenters. The van der Waals surface area contributed by atoms with Gasteiger partial charge in [-0.05, 0) is 37.6 Å². The third kappa shape index (κ3) is 4.87. The largest absolute Gasteiger partial charge is 0.399 e. The Kier molecular flexibility index (Phi) is 6.50. The van der Waals surface area contributed by atoms with Crippen molar-refractivity contribution in [2.75, 3.05) is 19.0 Å². The van der Waals surface area contributed by atoms with Crippen LogP contribution in [0.25, 0.3) is 0 Å². The van der Waals surface area contributed by atoms with Crippen molar-refractivity contribution in [2.24, 2.45) is 0 Å². The Hall–Kier alpha value is -0.780. The van der Waals surface area contributed by atoms with Crippen LogP contribution in [-0.4, -0.2) is 37.9 Å². The predicted molar refractivity (Wildman–Crippen MR) is 90.5 cm³/mol. The molecule has 21 heavy (non-hydrogen) atoms. The molecule has 0 bridgehead atoms. The summed E-state index contributed by atoms with van der Waals surface area (Å²) in [5.74, 6) is 0. The fraction of sp³-hybridized carbons (Fsp3) is 0.600. The SMILES string of the molecule is CN(Cc1cccc(N)c1)C1CCCCC1S(C)(=O)=O.Cl. The normalized spacial score (nSPS) is 22.8. The standard InChI is InChI=1S/C15H24N2O2S.ClH/c1-17(11-12-6-5-7-13(16)10-12)14-8-3-4-9-15(14)20(2,18)19;/h5-7,10,14-15H,3-4,8-9,11,16H2,1-2H3;1H. The zero-order valence-corrected chi connectivity index (χ0v) is 14.3. The van der Waals surface area contributed by atoms with E-state index in [1.165, 1.54) is 6.26 Å². The van der Waals surface area contributed by atoms with Crippen molar-refractivity contribution in [1.29, 1.82) is 0 Å². The molecule has 0 heterocycles. The van der Waals surface area contributed by atoms with E-state index in [-0.39, 0.29) is 23.7 Å². The van der Waals surface area contributed by atoms with Crippen LogP contribution in [-0.2, 0) is 16.4 Å². The highest BCUT2D eigenvalue weighted by molar-refractivity contribution is 7.91. The highest BCUT2D eigenvalue weighted by Gasteiger charge is 2.34. The summed E-state index contributed by atoms with van der Waals surface area (Å²) in [6, 6.07) is 7.90. The van der Waals surface area contributed by atoms with Crippen LogP contribution in [0.4, 0.5) is 5.69 Å². The molecular formula is C15H25ClN2O2S. The predicted octanol–water partition coefficient (Wildman–Crippen LogP) is 2.48. The summed E-state index contributed by atoms with van der Waals surface area (Å²) in [7, 11) is -0.976. The molecule has 0 saturated heterocycles. The van der Waals surface area contributed by atoms with Crippen molar-refractivity contribution in [2.45, 2.75) is 43.5 Å². The van der Waals surface area contributed by atoms with Crippen molar-refractivity contribution in [3.8, 4) is 0 Å². The number of benzene rings is 1. The lowest BCUT2D eigenvalue weighted by molar-refractivity contribution is 0.187. The molecular weight excluding hydrogens is 308 g/mol. The Bertz CT molecular complexity index is 563. The summed E-state index contributed by atoms with van der Waals surface area (Å²) in [5.41, 5.74) is 7.67. The van der Waals surface area contributed by atoms with Gasteiger partial charge in [0.05, 0.1) is 5.25 Å². The molecule has 6 heteroatoms. The van der Waals surface area contributed by atoms with E-state index in [9.17, 15) is 8.42 Å². The zero-order valence-electron chi connectivity index (χ0n) is 12.7. The number of anilines is 1. The summed E-state index contributed by atoms with van der Waals surface area (Å²) in [5, 5.41) is -0.234. The third-order valence-corrected chi connectivity index (χ3v) is 5.82. The van der Waals surface area contributed by atoms with E-state index >= 15 is 0 Å². The Balaban J connectivity index is 0.00000220. The molecule has 0 aromatic heterocycles. The molecule has 1 aliphatic rings. The number of sulfone groups is 1. The van der Waals surface area contributed by atoms with Crippen LogP contribution in [0, 0.1) is 0 Å². The highest BCUT2D eigenvalue weighted by Crippen LogP contribution is 2.28. The first kappa shape index (κ1) is 18.3. The first-order valence-corrected chi connectivity index (χ1v) is 9.07. The number of nitrogens with zero attached hydrogens (tertiary/aromatic N) is 1. The molecule has 2 unspecified atom stereocenters. The third-order valence-electron chi connectivity index (χ3n) is 4.17. The maximum absolute atomic E-state index is 12.0. The molecule has 1 aliphatic carbocycles. The number of rotatable bonds is 4. The molecule has 120 valence electrons. The van der Waals surface area contributed by atoms with Crippen LogP contribution in [0.2, 0.25) is 0 Å². The van der Waals surface area contributed by atoms with Gasteiger partial charge in [-0.3, -0.25) is 4.90 Å². The summed E-state index contributed by atoms with van der Waals surface area (Å²) in [6.45, 7) is 0.738. The summed E-state index contributed by atoms with van der Waals surface area (Å²) >= 11 is 0. The average Bonchev–Trinajstić information content (AvgIpc) is 2.37. The minimum absolute atomic E-state index is 0. The summed E-state index contributed by atoms with van der Waals surface area (Å²) < 4.78 is 23.9. The van der Waals surface area contributed by atoms with Gasteiger partial charge in [-0.1, -0.05) is 25.0 Å². The second kappa shape index (κ2) is 7.47. The molecule has 0 amide bonds. The molecule has 0 aliphatic heterocycles. The van der Waals surface area contributed by atoms with Crippen molar-refractivity contribution in [3.63, 3.8) is 0 Å². The van der Waals surface area contributed by atoms with Crippen LogP contribution >= 0.6 is 12.4 Å². The molecule has 1 aromatic carbocycles. The lowest BCUT2D eigenvalue weighted by Crippen LogP contribution is -2.46. The average molecular weight is 333 g/mol. The number of nitrogen functional groups attached to an aromatic ring is 1. The maximum atomic E-state index is 12.0. The van der Waals surface area contributed by atoms with E-state index < -0.39 is 9.84 Å². The molecule has 1 aromatic rings. The molecule has 1 fully saturated rings. The van der Waals surface area contributed by atoms with Gasteiger partial charge in [0.1, 0.15) is 0 Å². The minimum atomic E-state index is -2.99. The van der Waals surface area contributed by atoms with Gasteiger partial charge in [0.2, 0.25) is 0 Å². The fourth-order valence-corrected chi connectivity index (χ4v) is 4.69. The number of hydrogen-bond donors (Lipinski definition) is 1. The quantitative estimate of drug-likeness (QED) is 0.860. The first-order valence-electron chi connectivity index (χ1n) is 7.11. The molecule has 0 radical (unpaired) electrons. The zero-order chi connectivity index (χ0) is 14.8. The second-order valence-electron chi connectivity index (χ2n) is 5.88. The minimum Gasteiger partial charge on any atom is -0.399 e. The van der Waals surface area contributed by atoms with E-state index in [1.54, 1.807) is 0 Å². The Morgan fingerprint density at radius 1 is 1.29 bits per heavy atom. The topological polar surface area (TPSA) is 63.4 Å². The lowest BCUT2D eigenvalue weighted by Gasteiger charge is -2.37. The van der Waals surface area contributed by atoms with E-state index in [2.05, 4.69) is 4.90 Å². The Labute approximate surface area is 134 Å². The Morgan fingerprint density at radius 2 is 1.95 bits per heavy atom. The van der Waals surface area contributed by atoms with Gasteiger partial charge >= 0.3 is 0 Å². The second-order valence-corrected chi connectivity index (χ2v) is 8.14. The van der Waals surface area contributed by atoms with Gasteiger partial charge in [-0.25, -0.2) is 8.42 Å². The van der Waals surface area contributed by atoms with Gasteiger partial charge in [-0.2, -0.15) is 0 Å². The molecule has 2 rings (SSSR count). The first-order chi connectivity index (χ1) is 9.38. The van der Waals surface area contributed by atoms with Crippen LogP contribution in [0.1, 0.15) is 31.2 Å². The fourth-order valence-electron chi connectivity index (χ4n) is 3.18. The number of halogens is 1. The van der Waals surface area contributed by atoms with Crippen LogP contribution in [0.15, 0.2) is 24.3 Å². The van der Waals surface area contributed by atoms with Gasteiger partial charge in [0.15, 0.2) is 9.84 Å². The highest BCUT2D eigenvalue weighted by atomic mass is 35.5. The lowest BCUT2D eigenvalue weighted by atomic mass is 9.93. The van der Waals surface area contributed by atoms with E-state index in [0.717, 1.165) is 43.5 Å². The molecule has 4 nitrogen and oxygen atoms in total. The monoisotopic (exact) mass is 332 g/mol. The van der Waals surface area contributed by atoms with Crippen LogP contribution in [0.3, 0.4) is 0 Å². The molecule has 2 N–H and O–H groups in total. The number of nitrogens with two attached hydrogens (primary N) is 1. The summed E-state index contributed by atoms with van der Waals surface area (Å²) in [4.78, 5) is 2.17. The van der Waals surface area contributed by atoms with Gasteiger partial charge in [0, 0.05) is 24.5 Å². The van der Waals surface area contributed by atoms with E-state index in [0.29, 0.717) is 0 Å². The van der Waals surface area contributed by atoms with Crippen LogP contribution < -0.4 is 5.73 Å². The van der Waals surface area contributed by atoms with Gasteiger partial charge in [0.25, 0.3) is 0 Å². The van der Waals surface area contributed by atoms with Gasteiger partial charge in [-0.15, -0.1) is 12.4 Å². The van der Waals surface area contributed by atoms with Crippen molar-refractivity contribution >= 4 is 27.9 Å².